The van der Waals surface area contributed by atoms with Crippen LogP contribution in [-0.2, 0) is 6.54 Å². The third-order valence-corrected chi connectivity index (χ3v) is 5.98. The first-order valence-electron chi connectivity index (χ1n) is 9.86. The number of benzene rings is 1. The molecule has 3 aromatic rings. The summed E-state index contributed by atoms with van der Waals surface area (Å²) in [5.41, 5.74) is 2.41. The zero-order valence-corrected chi connectivity index (χ0v) is 16.3. The van der Waals surface area contributed by atoms with Crippen molar-refractivity contribution in [1.82, 2.24) is 14.5 Å². The molecule has 2 aliphatic carbocycles. The van der Waals surface area contributed by atoms with Gasteiger partial charge in [0.25, 0.3) is 5.56 Å². The van der Waals surface area contributed by atoms with Crippen molar-refractivity contribution in [2.24, 2.45) is 11.8 Å². The van der Waals surface area contributed by atoms with Crippen LogP contribution in [0.25, 0.3) is 16.6 Å². The fourth-order valence-corrected chi connectivity index (χ4v) is 4.30. The Kier molecular flexibility index (Phi) is 4.42. The van der Waals surface area contributed by atoms with Crippen LogP contribution in [0.1, 0.15) is 24.5 Å². The Morgan fingerprint density at radius 1 is 1.20 bits per heavy atom. The maximum atomic E-state index is 14.9. The van der Waals surface area contributed by atoms with Gasteiger partial charge in [-0.3, -0.25) is 9.36 Å². The van der Waals surface area contributed by atoms with E-state index in [9.17, 15) is 13.6 Å². The molecule has 0 fully saturated rings. The van der Waals surface area contributed by atoms with Crippen LogP contribution in [0.15, 0.2) is 71.5 Å². The summed E-state index contributed by atoms with van der Waals surface area (Å²) in [7, 11) is 0. The summed E-state index contributed by atoms with van der Waals surface area (Å²) in [6, 6.07) is 5.90. The number of aromatic nitrogens is 3. The summed E-state index contributed by atoms with van der Waals surface area (Å²) in [6.45, 7) is 1.87. The highest BCUT2D eigenvalue weighted by Crippen LogP contribution is 2.39. The molecule has 2 unspecified atom stereocenters. The molecule has 5 rings (SSSR count). The van der Waals surface area contributed by atoms with Crippen molar-refractivity contribution in [2.75, 3.05) is 0 Å². The summed E-state index contributed by atoms with van der Waals surface area (Å²) in [5, 5.41) is 0.310. The topological polar surface area (TPSA) is 47.8 Å². The standard InChI is InChI=1S/C24H19F2N3O/c1-14-4-5-16-9-15(6-7-18(14)16)17-10-21(25)20(22(26)11-17)12-29-13-28-23-19(24(29)30)3-2-8-27-23/h2-4,6-11,13,16,18H,5,12H2,1H3. The largest absolute Gasteiger partial charge is 0.294 e. The van der Waals surface area contributed by atoms with Crippen molar-refractivity contribution in [3.8, 4) is 0 Å². The molecule has 4 nitrogen and oxygen atoms in total. The quantitative estimate of drug-likeness (QED) is 0.598. The summed E-state index contributed by atoms with van der Waals surface area (Å²) in [6.07, 6.45) is 12.1. The molecule has 0 saturated heterocycles. The molecule has 0 aliphatic heterocycles. The monoisotopic (exact) mass is 403 g/mol. The number of rotatable bonds is 3. The van der Waals surface area contributed by atoms with Crippen LogP contribution in [-0.4, -0.2) is 14.5 Å². The molecule has 0 radical (unpaired) electrons. The lowest BCUT2D eigenvalue weighted by Gasteiger charge is -2.21. The van der Waals surface area contributed by atoms with Crippen molar-refractivity contribution < 1.29 is 8.78 Å². The Bertz CT molecular complexity index is 1300. The lowest BCUT2D eigenvalue weighted by atomic mass is 9.83. The molecule has 2 aromatic heterocycles. The van der Waals surface area contributed by atoms with Gasteiger partial charge in [0, 0.05) is 17.7 Å². The second-order valence-corrected chi connectivity index (χ2v) is 7.83. The van der Waals surface area contributed by atoms with Gasteiger partial charge in [-0.05, 0) is 54.7 Å². The van der Waals surface area contributed by atoms with Crippen molar-refractivity contribution in [3.63, 3.8) is 0 Å². The number of hydrogen-bond donors (Lipinski definition) is 0. The molecule has 0 saturated carbocycles. The van der Waals surface area contributed by atoms with Crippen LogP contribution < -0.4 is 5.56 Å². The van der Waals surface area contributed by atoms with Gasteiger partial charge < -0.3 is 0 Å². The van der Waals surface area contributed by atoms with Crippen molar-refractivity contribution in [2.45, 2.75) is 19.9 Å². The maximum absolute atomic E-state index is 14.9. The Morgan fingerprint density at radius 3 is 2.80 bits per heavy atom. The van der Waals surface area contributed by atoms with Crippen LogP contribution in [0.3, 0.4) is 0 Å². The van der Waals surface area contributed by atoms with Gasteiger partial charge in [-0.1, -0.05) is 29.9 Å². The SMILES string of the molecule is CC1=CCC2C=C(c3cc(F)c(Cn4cnc5ncccc5c4=O)c(F)c3)C=CC12. The molecule has 1 aromatic carbocycles. The van der Waals surface area contributed by atoms with Crippen molar-refractivity contribution >= 4 is 16.6 Å². The summed E-state index contributed by atoms with van der Waals surface area (Å²) in [5.74, 6) is -0.642. The molecule has 2 heterocycles. The van der Waals surface area contributed by atoms with E-state index in [1.807, 2.05) is 6.08 Å². The maximum Gasteiger partial charge on any atom is 0.263 e. The highest BCUT2D eigenvalue weighted by atomic mass is 19.1. The molecule has 150 valence electrons. The number of fused-ring (bicyclic) bond motifs is 2. The first-order chi connectivity index (χ1) is 14.5. The van der Waals surface area contributed by atoms with E-state index in [0.717, 1.165) is 12.0 Å². The molecule has 0 bridgehead atoms. The van der Waals surface area contributed by atoms with Gasteiger partial charge in [0.2, 0.25) is 0 Å². The second kappa shape index (κ2) is 7.13. The first kappa shape index (κ1) is 18.6. The predicted molar refractivity (Wildman–Crippen MR) is 112 cm³/mol. The number of pyridine rings is 1. The van der Waals surface area contributed by atoms with E-state index in [2.05, 4.69) is 35.1 Å². The lowest BCUT2D eigenvalue weighted by Crippen LogP contribution is -2.22. The van der Waals surface area contributed by atoms with Gasteiger partial charge in [-0.2, -0.15) is 0 Å². The van der Waals surface area contributed by atoms with Gasteiger partial charge in [-0.25, -0.2) is 18.7 Å². The Morgan fingerprint density at radius 2 is 2.00 bits per heavy atom. The summed E-state index contributed by atoms with van der Waals surface area (Å²) >= 11 is 0. The highest BCUT2D eigenvalue weighted by Gasteiger charge is 2.27. The first-order valence-corrected chi connectivity index (χ1v) is 9.86. The number of nitrogens with zero attached hydrogens (tertiary/aromatic N) is 3. The molecular weight excluding hydrogens is 384 g/mol. The fourth-order valence-electron chi connectivity index (χ4n) is 4.30. The number of allylic oxidation sites excluding steroid dienone is 6. The van der Waals surface area contributed by atoms with Crippen LogP contribution in [0.2, 0.25) is 0 Å². The van der Waals surface area contributed by atoms with E-state index >= 15 is 0 Å². The minimum atomic E-state index is -0.680. The highest BCUT2D eigenvalue weighted by molar-refractivity contribution is 5.76. The molecule has 2 aliphatic rings. The molecule has 2 atom stereocenters. The number of halogens is 2. The van der Waals surface area contributed by atoms with E-state index < -0.39 is 11.6 Å². The van der Waals surface area contributed by atoms with Crippen molar-refractivity contribution in [3.05, 3.63) is 99.8 Å². The van der Waals surface area contributed by atoms with E-state index in [1.165, 1.54) is 34.8 Å². The summed E-state index contributed by atoms with van der Waals surface area (Å²) in [4.78, 5) is 20.8. The lowest BCUT2D eigenvalue weighted by molar-refractivity contribution is 0.540. The van der Waals surface area contributed by atoms with E-state index in [4.69, 9.17) is 0 Å². The van der Waals surface area contributed by atoms with Gasteiger partial charge in [0.05, 0.1) is 11.9 Å². The van der Waals surface area contributed by atoms with Crippen molar-refractivity contribution in [1.29, 1.82) is 0 Å². The van der Waals surface area contributed by atoms with Gasteiger partial charge in [0.1, 0.15) is 18.0 Å². The smallest absolute Gasteiger partial charge is 0.263 e. The van der Waals surface area contributed by atoms with Crippen LogP contribution in [0.4, 0.5) is 8.78 Å². The predicted octanol–water partition coefficient (Wildman–Crippen LogP) is 4.65. The van der Waals surface area contributed by atoms with E-state index in [1.54, 1.807) is 12.1 Å². The second-order valence-electron chi connectivity index (χ2n) is 7.83. The third kappa shape index (κ3) is 3.09. The van der Waals surface area contributed by atoms with Crippen LogP contribution in [0.5, 0.6) is 0 Å². The molecular formula is C24H19F2N3O. The minimum Gasteiger partial charge on any atom is -0.294 e. The zero-order chi connectivity index (χ0) is 20.8. The molecule has 0 amide bonds. The van der Waals surface area contributed by atoms with E-state index in [-0.39, 0.29) is 17.7 Å². The van der Waals surface area contributed by atoms with Gasteiger partial charge in [-0.15, -0.1) is 0 Å². The average Bonchev–Trinajstić information content (AvgIpc) is 3.12. The van der Waals surface area contributed by atoms with Crippen LogP contribution >= 0.6 is 0 Å². The molecule has 0 N–H and O–H groups in total. The normalized spacial score (nSPS) is 20.2. The van der Waals surface area contributed by atoms with Gasteiger partial charge in [0.15, 0.2) is 5.65 Å². The summed E-state index contributed by atoms with van der Waals surface area (Å²) < 4.78 is 31.0. The molecule has 30 heavy (non-hydrogen) atoms. The number of hydrogen-bond acceptors (Lipinski definition) is 3. The van der Waals surface area contributed by atoms with Gasteiger partial charge >= 0.3 is 0 Å². The minimum absolute atomic E-state index is 0.164. The fraction of sp³-hybridized carbons (Fsp3) is 0.208. The average molecular weight is 403 g/mol. The van der Waals surface area contributed by atoms with Crippen LogP contribution in [0, 0.1) is 23.5 Å². The molecule has 0 spiro atoms. The third-order valence-electron chi connectivity index (χ3n) is 5.98. The Hall–Kier alpha value is -3.41. The van der Waals surface area contributed by atoms with E-state index in [0.29, 0.717) is 28.4 Å². The zero-order valence-electron chi connectivity index (χ0n) is 16.3. The molecule has 6 heteroatoms. The Balaban J connectivity index is 1.47. The Labute approximate surface area is 171 Å².